The molecule has 0 spiro atoms. The fraction of sp³-hybridized carbons (Fsp3) is 0.750. The molecule has 0 radical (unpaired) electrons. The Morgan fingerprint density at radius 1 is 1.30 bits per heavy atom. The van der Waals surface area contributed by atoms with E-state index in [1.807, 2.05) is 21.5 Å². The van der Waals surface area contributed by atoms with Crippen LogP contribution in [-0.4, -0.2) is 63.7 Å². The van der Waals surface area contributed by atoms with E-state index in [1.54, 1.807) is 6.92 Å². The van der Waals surface area contributed by atoms with Crippen LogP contribution < -0.4 is 0 Å². The summed E-state index contributed by atoms with van der Waals surface area (Å²) in [6.45, 7) is 9.28. The van der Waals surface area contributed by atoms with Crippen molar-refractivity contribution in [2.75, 3.05) is 26.2 Å². The van der Waals surface area contributed by atoms with E-state index in [0.29, 0.717) is 24.8 Å². The molecule has 0 N–H and O–H groups in total. The zero-order chi connectivity index (χ0) is 19.6. The quantitative estimate of drug-likeness (QED) is 0.788. The summed E-state index contributed by atoms with van der Waals surface area (Å²) in [6.07, 6.45) is 3.42. The van der Waals surface area contributed by atoms with Crippen molar-refractivity contribution in [1.29, 1.82) is 0 Å². The summed E-state index contributed by atoms with van der Waals surface area (Å²) in [5.74, 6) is 0.655. The SMILES string of the molecule is CC(=O)N1CCC(N(CCC(C)C)C(=O)c2nn(C)c3c2COCC3)CC1. The number of aryl methyl sites for hydroxylation is 1. The number of carbonyl (C=O) groups excluding carboxylic acids is 2. The van der Waals surface area contributed by atoms with E-state index in [1.165, 1.54) is 0 Å². The number of piperidine rings is 1. The highest BCUT2D eigenvalue weighted by atomic mass is 16.5. The number of amides is 2. The molecule has 0 bridgehead atoms. The van der Waals surface area contributed by atoms with Gasteiger partial charge < -0.3 is 14.5 Å². The lowest BCUT2D eigenvalue weighted by molar-refractivity contribution is -0.130. The largest absolute Gasteiger partial charge is 0.376 e. The summed E-state index contributed by atoms with van der Waals surface area (Å²) in [7, 11) is 1.91. The molecule has 3 rings (SSSR count). The normalized spacial score (nSPS) is 17.9. The van der Waals surface area contributed by atoms with Gasteiger partial charge >= 0.3 is 0 Å². The Morgan fingerprint density at radius 3 is 2.63 bits per heavy atom. The summed E-state index contributed by atoms with van der Waals surface area (Å²) in [5.41, 5.74) is 2.61. The van der Waals surface area contributed by atoms with Gasteiger partial charge in [-0.1, -0.05) is 13.8 Å². The predicted molar refractivity (Wildman–Crippen MR) is 102 cm³/mol. The second kappa shape index (κ2) is 8.42. The molecule has 3 heterocycles. The summed E-state index contributed by atoms with van der Waals surface area (Å²) >= 11 is 0. The first-order valence-corrected chi connectivity index (χ1v) is 10.1. The van der Waals surface area contributed by atoms with Crippen molar-refractivity contribution in [3.8, 4) is 0 Å². The van der Waals surface area contributed by atoms with Gasteiger partial charge in [-0.2, -0.15) is 5.10 Å². The Balaban J connectivity index is 1.81. The van der Waals surface area contributed by atoms with Crippen LogP contribution in [0.4, 0.5) is 0 Å². The third kappa shape index (κ3) is 4.34. The Labute approximate surface area is 161 Å². The van der Waals surface area contributed by atoms with Crippen molar-refractivity contribution in [2.45, 2.75) is 59.1 Å². The molecule has 2 amide bonds. The van der Waals surface area contributed by atoms with Crippen molar-refractivity contribution in [1.82, 2.24) is 19.6 Å². The highest BCUT2D eigenvalue weighted by Gasteiger charge is 2.33. The average molecular weight is 377 g/mol. The molecule has 1 aromatic rings. The zero-order valence-corrected chi connectivity index (χ0v) is 17.0. The summed E-state index contributed by atoms with van der Waals surface area (Å²) < 4.78 is 7.43. The van der Waals surface area contributed by atoms with Gasteiger partial charge in [0.05, 0.1) is 13.2 Å². The van der Waals surface area contributed by atoms with Crippen LogP contribution in [0.5, 0.6) is 0 Å². The smallest absolute Gasteiger partial charge is 0.274 e. The molecule has 7 heteroatoms. The molecule has 0 aromatic carbocycles. The van der Waals surface area contributed by atoms with Crippen LogP contribution in [-0.2, 0) is 29.6 Å². The van der Waals surface area contributed by atoms with Gasteiger partial charge in [-0.15, -0.1) is 0 Å². The minimum Gasteiger partial charge on any atom is -0.376 e. The number of nitrogens with zero attached hydrogens (tertiary/aromatic N) is 4. The van der Waals surface area contributed by atoms with Crippen LogP contribution in [0.2, 0.25) is 0 Å². The van der Waals surface area contributed by atoms with Crippen molar-refractivity contribution >= 4 is 11.8 Å². The fourth-order valence-electron chi connectivity index (χ4n) is 4.06. The molecule has 7 nitrogen and oxygen atoms in total. The predicted octanol–water partition coefficient (Wildman–Crippen LogP) is 1.99. The fourth-order valence-corrected chi connectivity index (χ4v) is 4.06. The first-order chi connectivity index (χ1) is 12.9. The van der Waals surface area contributed by atoms with Gasteiger partial charge in [0.15, 0.2) is 5.69 Å². The maximum atomic E-state index is 13.5. The first kappa shape index (κ1) is 19.9. The van der Waals surface area contributed by atoms with E-state index in [2.05, 4.69) is 18.9 Å². The number of rotatable bonds is 5. The first-order valence-electron chi connectivity index (χ1n) is 10.1. The van der Waals surface area contributed by atoms with E-state index in [-0.39, 0.29) is 17.9 Å². The van der Waals surface area contributed by atoms with Crippen LogP contribution in [0.25, 0.3) is 0 Å². The molecule has 2 aliphatic rings. The standard InChI is InChI=1S/C20H32N4O3/c1-14(2)5-11-24(16-6-9-23(10-7-16)15(3)25)20(26)19-17-13-27-12-8-18(17)22(4)21-19/h14,16H,5-13H2,1-4H3. The van der Waals surface area contributed by atoms with Crippen LogP contribution in [0.15, 0.2) is 0 Å². The zero-order valence-electron chi connectivity index (χ0n) is 17.0. The van der Waals surface area contributed by atoms with Crippen LogP contribution in [0.1, 0.15) is 61.8 Å². The number of likely N-dealkylation sites (tertiary alicyclic amines) is 1. The van der Waals surface area contributed by atoms with E-state index in [4.69, 9.17) is 4.74 Å². The molecule has 150 valence electrons. The summed E-state index contributed by atoms with van der Waals surface area (Å²) in [6, 6.07) is 0.161. The van der Waals surface area contributed by atoms with E-state index in [9.17, 15) is 9.59 Å². The monoisotopic (exact) mass is 376 g/mol. The van der Waals surface area contributed by atoms with E-state index in [0.717, 1.165) is 56.6 Å². The number of hydrogen-bond donors (Lipinski definition) is 0. The molecular weight excluding hydrogens is 344 g/mol. The number of ether oxygens (including phenoxy) is 1. The van der Waals surface area contributed by atoms with Gasteiger partial charge in [-0.3, -0.25) is 14.3 Å². The molecule has 1 aromatic heterocycles. The molecule has 1 fully saturated rings. The third-order valence-electron chi connectivity index (χ3n) is 5.77. The molecular formula is C20H32N4O3. The molecule has 0 aliphatic carbocycles. The third-order valence-corrected chi connectivity index (χ3v) is 5.77. The van der Waals surface area contributed by atoms with Gasteiger partial charge in [-0.25, -0.2) is 0 Å². The van der Waals surface area contributed by atoms with Gasteiger partial charge in [0.1, 0.15) is 0 Å². The number of hydrogen-bond acceptors (Lipinski definition) is 4. The Kier molecular flexibility index (Phi) is 6.19. The van der Waals surface area contributed by atoms with Gasteiger partial charge in [0.2, 0.25) is 5.91 Å². The lowest BCUT2D eigenvalue weighted by atomic mass is 10.00. The summed E-state index contributed by atoms with van der Waals surface area (Å²) in [5, 5.41) is 4.56. The molecule has 0 saturated carbocycles. The van der Waals surface area contributed by atoms with Crippen LogP contribution in [0.3, 0.4) is 0 Å². The molecule has 2 aliphatic heterocycles. The minimum absolute atomic E-state index is 0.0132. The lowest BCUT2D eigenvalue weighted by Gasteiger charge is -2.38. The summed E-state index contributed by atoms with van der Waals surface area (Å²) in [4.78, 5) is 29.0. The van der Waals surface area contributed by atoms with Gasteiger partial charge in [0, 0.05) is 57.3 Å². The Hall–Kier alpha value is -1.89. The molecule has 0 atom stereocenters. The second-order valence-corrected chi connectivity index (χ2v) is 8.12. The van der Waals surface area contributed by atoms with Crippen molar-refractivity contribution in [2.24, 2.45) is 13.0 Å². The van der Waals surface area contributed by atoms with E-state index < -0.39 is 0 Å². The van der Waals surface area contributed by atoms with Crippen molar-refractivity contribution < 1.29 is 14.3 Å². The molecule has 0 unspecified atom stereocenters. The average Bonchev–Trinajstić information content (AvgIpc) is 2.99. The molecule has 27 heavy (non-hydrogen) atoms. The van der Waals surface area contributed by atoms with Crippen molar-refractivity contribution in [3.05, 3.63) is 17.0 Å². The second-order valence-electron chi connectivity index (χ2n) is 8.12. The lowest BCUT2D eigenvalue weighted by Crippen LogP contribution is -2.49. The van der Waals surface area contributed by atoms with Gasteiger partial charge in [-0.05, 0) is 25.2 Å². The Bertz CT molecular complexity index is 690. The maximum absolute atomic E-state index is 13.5. The number of fused-ring (bicyclic) bond motifs is 1. The van der Waals surface area contributed by atoms with Crippen LogP contribution >= 0.6 is 0 Å². The topological polar surface area (TPSA) is 67.7 Å². The van der Waals surface area contributed by atoms with E-state index >= 15 is 0 Å². The van der Waals surface area contributed by atoms with Crippen molar-refractivity contribution in [3.63, 3.8) is 0 Å². The number of carbonyl (C=O) groups is 2. The highest BCUT2D eigenvalue weighted by Crippen LogP contribution is 2.25. The number of aromatic nitrogens is 2. The highest BCUT2D eigenvalue weighted by molar-refractivity contribution is 5.94. The minimum atomic E-state index is 0.0132. The van der Waals surface area contributed by atoms with Gasteiger partial charge in [0.25, 0.3) is 5.91 Å². The Morgan fingerprint density at radius 2 is 2.00 bits per heavy atom. The maximum Gasteiger partial charge on any atom is 0.274 e. The molecule has 1 saturated heterocycles. The van der Waals surface area contributed by atoms with Crippen LogP contribution in [0, 0.1) is 5.92 Å².